The summed E-state index contributed by atoms with van der Waals surface area (Å²) in [6, 6.07) is 0. The van der Waals surface area contributed by atoms with Crippen molar-refractivity contribution in [2.45, 2.75) is 26.4 Å². The number of aromatic nitrogens is 2. The van der Waals surface area contributed by atoms with Crippen LogP contribution in [0.5, 0.6) is 0 Å². The number of ether oxygens (including phenoxy) is 1. The summed E-state index contributed by atoms with van der Waals surface area (Å²) < 4.78 is 5.36. The second-order valence-corrected chi connectivity index (χ2v) is 5.95. The Hall–Kier alpha value is -2.25. The van der Waals surface area contributed by atoms with Crippen molar-refractivity contribution in [2.75, 3.05) is 42.5 Å². The van der Waals surface area contributed by atoms with E-state index in [1.807, 2.05) is 25.7 Å². The summed E-state index contributed by atoms with van der Waals surface area (Å²) in [5, 5.41) is 0. The van der Waals surface area contributed by atoms with E-state index < -0.39 is 5.60 Å². The molecule has 1 aromatic heterocycles. The van der Waals surface area contributed by atoms with Crippen LogP contribution >= 0.6 is 0 Å². The number of nitrogen functional groups attached to an aromatic ring is 2. The minimum Gasteiger partial charge on any atom is -0.444 e. The van der Waals surface area contributed by atoms with E-state index in [0.29, 0.717) is 37.7 Å². The van der Waals surface area contributed by atoms with Gasteiger partial charge in [-0.25, -0.2) is 14.8 Å². The fraction of sp³-hybridized carbons (Fsp3) is 0.615. The van der Waals surface area contributed by atoms with E-state index in [1.54, 1.807) is 4.90 Å². The van der Waals surface area contributed by atoms with E-state index in [1.165, 1.54) is 6.33 Å². The Morgan fingerprint density at radius 2 is 1.81 bits per heavy atom. The molecule has 0 radical (unpaired) electrons. The Morgan fingerprint density at radius 3 is 2.38 bits per heavy atom. The number of rotatable bonds is 1. The van der Waals surface area contributed by atoms with Crippen LogP contribution in [0.3, 0.4) is 0 Å². The number of hydrogen-bond acceptors (Lipinski definition) is 7. The quantitative estimate of drug-likeness (QED) is 0.784. The van der Waals surface area contributed by atoms with Crippen LogP contribution in [0.4, 0.5) is 22.1 Å². The number of amides is 1. The van der Waals surface area contributed by atoms with Gasteiger partial charge >= 0.3 is 6.09 Å². The zero-order chi connectivity index (χ0) is 15.6. The summed E-state index contributed by atoms with van der Waals surface area (Å²) in [6.45, 7) is 7.92. The summed E-state index contributed by atoms with van der Waals surface area (Å²) >= 11 is 0. The number of nitrogens with two attached hydrogens (primary N) is 2. The molecule has 2 heterocycles. The molecule has 1 amide bonds. The van der Waals surface area contributed by atoms with Gasteiger partial charge in [0.2, 0.25) is 0 Å². The van der Waals surface area contributed by atoms with E-state index in [4.69, 9.17) is 16.2 Å². The van der Waals surface area contributed by atoms with Crippen molar-refractivity contribution in [3.63, 3.8) is 0 Å². The van der Waals surface area contributed by atoms with Crippen molar-refractivity contribution in [3.8, 4) is 0 Å². The predicted molar refractivity (Wildman–Crippen MR) is 80.9 cm³/mol. The van der Waals surface area contributed by atoms with E-state index in [9.17, 15) is 4.79 Å². The van der Waals surface area contributed by atoms with Crippen molar-refractivity contribution in [3.05, 3.63) is 6.33 Å². The van der Waals surface area contributed by atoms with Gasteiger partial charge in [0, 0.05) is 26.2 Å². The third-order valence-electron chi connectivity index (χ3n) is 3.12. The van der Waals surface area contributed by atoms with Crippen LogP contribution in [-0.2, 0) is 4.74 Å². The second-order valence-electron chi connectivity index (χ2n) is 5.95. The molecule has 21 heavy (non-hydrogen) atoms. The first-order chi connectivity index (χ1) is 9.78. The molecular formula is C13H22N6O2. The highest BCUT2D eigenvalue weighted by atomic mass is 16.6. The highest BCUT2D eigenvalue weighted by molar-refractivity contribution is 5.74. The zero-order valence-electron chi connectivity index (χ0n) is 12.7. The molecule has 0 unspecified atom stereocenters. The van der Waals surface area contributed by atoms with Crippen molar-refractivity contribution in [1.29, 1.82) is 0 Å². The molecule has 116 valence electrons. The van der Waals surface area contributed by atoms with Crippen LogP contribution in [0.15, 0.2) is 6.33 Å². The van der Waals surface area contributed by atoms with Crippen LogP contribution < -0.4 is 16.4 Å². The van der Waals surface area contributed by atoms with Crippen LogP contribution in [0, 0.1) is 0 Å². The average molecular weight is 294 g/mol. The first kappa shape index (κ1) is 15.1. The maximum Gasteiger partial charge on any atom is 0.410 e. The molecule has 0 aromatic carbocycles. The smallest absolute Gasteiger partial charge is 0.410 e. The minimum absolute atomic E-state index is 0.273. The molecule has 1 saturated heterocycles. The minimum atomic E-state index is -0.486. The SMILES string of the molecule is CC(C)(C)OC(=O)N1CCN(c2ncnc(N)c2N)CC1. The lowest BCUT2D eigenvalue weighted by Crippen LogP contribution is -2.50. The molecule has 1 aromatic rings. The monoisotopic (exact) mass is 294 g/mol. The first-order valence-corrected chi connectivity index (χ1v) is 6.87. The first-order valence-electron chi connectivity index (χ1n) is 6.87. The molecule has 1 aliphatic heterocycles. The standard InChI is InChI=1S/C13H22N6O2/c1-13(2,3)21-12(20)19-6-4-18(5-7-19)11-9(14)10(15)16-8-17-11/h8H,4-7,14H2,1-3H3,(H2,15,16,17). The highest BCUT2D eigenvalue weighted by Crippen LogP contribution is 2.25. The summed E-state index contributed by atoms with van der Waals surface area (Å²) in [5.74, 6) is 0.890. The molecule has 8 nitrogen and oxygen atoms in total. The van der Waals surface area contributed by atoms with Gasteiger partial charge in [-0.15, -0.1) is 0 Å². The molecule has 0 aliphatic carbocycles. The van der Waals surface area contributed by atoms with Gasteiger partial charge in [0.15, 0.2) is 11.6 Å². The van der Waals surface area contributed by atoms with Gasteiger partial charge in [-0.2, -0.15) is 0 Å². The molecule has 4 N–H and O–H groups in total. The Labute approximate surface area is 124 Å². The maximum absolute atomic E-state index is 12.0. The fourth-order valence-corrected chi connectivity index (χ4v) is 2.08. The fourth-order valence-electron chi connectivity index (χ4n) is 2.08. The third kappa shape index (κ3) is 3.65. The van der Waals surface area contributed by atoms with Crippen LogP contribution in [0.25, 0.3) is 0 Å². The largest absolute Gasteiger partial charge is 0.444 e. The second kappa shape index (κ2) is 5.63. The van der Waals surface area contributed by atoms with E-state index in [2.05, 4.69) is 9.97 Å². The Balaban J connectivity index is 1.97. The van der Waals surface area contributed by atoms with Crippen LogP contribution in [-0.4, -0.2) is 52.7 Å². The van der Waals surface area contributed by atoms with Gasteiger partial charge in [-0.05, 0) is 20.8 Å². The predicted octanol–water partition coefficient (Wildman–Crippen LogP) is 0.698. The molecule has 1 aliphatic rings. The van der Waals surface area contributed by atoms with Crippen molar-refractivity contribution < 1.29 is 9.53 Å². The van der Waals surface area contributed by atoms with Crippen LogP contribution in [0.2, 0.25) is 0 Å². The number of carbonyl (C=O) groups excluding carboxylic acids is 1. The molecule has 0 atom stereocenters. The van der Waals surface area contributed by atoms with Crippen molar-refractivity contribution in [2.24, 2.45) is 0 Å². The number of piperazine rings is 1. The molecule has 8 heteroatoms. The molecular weight excluding hydrogens is 272 g/mol. The number of carbonyl (C=O) groups is 1. The lowest BCUT2D eigenvalue weighted by atomic mass is 10.2. The molecule has 1 fully saturated rings. The summed E-state index contributed by atoms with van der Waals surface area (Å²) in [7, 11) is 0. The van der Waals surface area contributed by atoms with Crippen molar-refractivity contribution in [1.82, 2.24) is 14.9 Å². The van der Waals surface area contributed by atoms with E-state index >= 15 is 0 Å². The topological polar surface area (TPSA) is 111 Å². The number of anilines is 3. The molecule has 0 saturated carbocycles. The van der Waals surface area contributed by atoms with Crippen molar-refractivity contribution >= 4 is 23.4 Å². The Morgan fingerprint density at radius 1 is 1.19 bits per heavy atom. The van der Waals surface area contributed by atoms with Gasteiger partial charge in [0.05, 0.1) is 0 Å². The van der Waals surface area contributed by atoms with Gasteiger partial charge in [0.25, 0.3) is 0 Å². The number of nitrogens with zero attached hydrogens (tertiary/aromatic N) is 4. The van der Waals surface area contributed by atoms with Gasteiger partial charge < -0.3 is 26.0 Å². The Kier molecular flexibility index (Phi) is 4.06. The highest BCUT2D eigenvalue weighted by Gasteiger charge is 2.27. The van der Waals surface area contributed by atoms with Gasteiger partial charge in [-0.3, -0.25) is 0 Å². The summed E-state index contributed by atoms with van der Waals surface area (Å²) in [5.41, 5.74) is 11.5. The molecule has 0 bridgehead atoms. The summed E-state index contributed by atoms with van der Waals surface area (Å²) in [6.07, 6.45) is 1.10. The van der Waals surface area contributed by atoms with Gasteiger partial charge in [0.1, 0.15) is 17.6 Å². The Bertz CT molecular complexity index is 520. The molecule has 0 spiro atoms. The zero-order valence-corrected chi connectivity index (χ0v) is 12.7. The van der Waals surface area contributed by atoms with E-state index in [-0.39, 0.29) is 11.9 Å². The lowest BCUT2D eigenvalue weighted by Gasteiger charge is -2.36. The lowest BCUT2D eigenvalue weighted by molar-refractivity contribution is 0.0240. The summed E-state index contributed by atoms with van der Waals surface area (Å²) in [4.78, 5) is 23.7. The average Bonchev–Trinajstić information content (AvgIpc) is 2.40. The van der Waals surface area contributed by atoms with E-state index in [0.717, 1.165) is 0 Å². The third-order valence-corrected chi connectivity index (χ3v) is 3.12. The molecule has 2 rings (SSSR count). The normalized spacial score (nSPS) is 16.0. The maximum atomic E-state index is 12.0. The van der Waals surface area contributed by atoms with Crippen LogP contribution in [0.1, 0.15) is 20.8 Å². The number of hydrogen-bond donors (Lipinski definition) is 2. The van der Waals surface area contributed by atoms with Gasteiger partial charge in [-0.1, -0.05) is 0 Å².